The monoisotopic (exact) mass is 369 g/mol. The lowest BCUT2D eigenvalue weighted by atomic mass is 9.86. The Bertz CT molecular complexity index is 801. The predicted octanol–water partition coefficient (Wildman–Crippen LogP) is 1.79. The van der Waals surface area contributed by atoms with Crippen molar-refractivity contribution in [1.82, 2.24) is 19.8 Å². The van der Waals surface area contributed by atoms with E-state index in [0.717, 1.165) is 31.9 Å². The number of anilines is 1. The molecule has 0 atom stereocenters. The maximum Gasteiger partial charge on any atom is 0.322 e. The Balaban J connectivity index is 1.50. The third kappa shape index (κ3) is 5.20. The van der Waals surface area contributed by atoms with Crippen molar-refractivity contribution >= 4 is 16.0 Å². The third-order valence-corrected chi connectivity index (χ3v) is 4.88. The number of nitrogens with one attached hydrogen (secondary N) is 2. The van der Waals surface area contributed by atoms with Crippen LogP contribution in [0.25, 0.3) is 11.5 Å². The maximum absolute atomic E-state index is 12.9. The molecule has 2 aromatic heterocycles. The Morgan fingerprint density at radius 3 is 2.68 bits per heavy atom. The molecule has 0 aromatic carbocycles. The minimum absolute atomic E-state index is 0.198. The molecule has 2 N–H and O–H groups in total. The van der Waals surface area contributed by atoms with Crippen molar-refractivity contribution in [2.45, 2.75) is 31.7 Å². The topological polar surface area (TPSA) is 110 Å². The van der Waals surface area contributed by atoms with E-state index in [1.165, 1.54) is 18.4 Å². The van der Waals surface area contributed by atoms with Gasteiger partial charge in [-0.1, -0.05) is 5.16 Å². The number of rotatable bonds is 6. The fourth-order valence-electron chi connectivity index (χ4n) is 2.85. The molecule has 0 radical (unpaired) electrons. The SMILES string of the molecule is CS(=O)(=O)NC[C@H]1CC[C@H](Nc2nc(-c3ccc(F)cn3)no2)CC1. The highest BCUT2D eigenvalue weighted by Gasteiger charge is 2.23. The summed E-state index contributed by atoms with van der Waals surface area (Å²) in [5.74, 6) is 0.218. The van der Waals surface area contributed by atoms with Gasteiger partial charge < -0.3 is 9.84 Å². The molecule has 0 unspecified atom stereocenters. The molecule has 0 saturated heterocycles. The number of hydrogen-bond donors (Lipinski definition) is 2. The molecule has 2 heterocycles. The highest BCUT2D eigenvalue weighted by atomic mass is 32.2. The smallest absolute Gasteiger partial charge is 0.322 e. The second kappa shape index (κ2) is 7.44. The highest BCUT2D eigenvalue weighted by molar-refractivity contribution is 7.88. The molecule has 3 rings (SSSR count). The lowest BCUT2D eigenvalue weighted by Crippen LogP contribution is -2.33. The first-order valence-electron chi connectivity index (χ1n) is 8.06. The normalized spacial score (nSPS) is 21.2. The van der Waals surface area contributed by atoms with Crippen LogP contribution in [0.5, 0.6) is 0 Å². The zero-order valence-electron chi connectivity index (χ0n) is 13.8. The summed E-state index contributed by atoms with van der Waals surface area (Å²) in [6.45, 7) is 0.479. The van der Waals surface area contributed by atoms with Gasteiger partial charge in [-0.05, 0) is 43.7 Å². The van der Waals surface area contributed by atoms with Gasteiger partial charge in [-0.25, -0.2) is 22.5 Å². The molecule has 1 aliphatic carbocycles. The van der Waals surface area contributed by atoms with E-state index in [1.807, 2.05) is 0 Å². The summed E-state index contributed by atoms with van der Waals surface area (Å²) >= 11 is 0. The van der Waals surface area contributed by atoms with Crippen LogP contribution in [0.15, 0.2) is 22.9 Å². The molecule has 0 spiro atoms. The summed E-state index contributed by atoms with van der Waals surface area (Å²) in [6, 6.07) is 3.28. The molecule has 0 bridgehead atoms. The molecule has 0 amide bonds. The summed E-state index contributed by atoms with van der Waals surface area (Å²) in [6.07, 6.45) is 5.89. The lowest BCUT2D eigenvalue weighted by Gasteiger charge is -2.28. The predicted molar refractivity (Wildman–Crippen MR) is 89.7 cm³/mol. The van der Waals surface area contributed by atoms with Crippen LogP contribution in [-0.2, 0) is 10.0 Å². The molecular weight excluding hydrogens is 349 g/mol. The van der Waals surface area contributed by atoms with Gasteiger partial charge in [-0.15, -0.1) is 0 Å². The second-order valence-electron chi connectivity index (χ2n) is 6.27. The van der Waals surface area contributed by atoms with Crippen molar-refractivity contribution < 1.29 is 17.3 Å². The van der Waals surface area contributed by atoms with E-state index < -0.39 is 15.8 Å². The average Bonchev–Trinajstić information content (AvgIpc) is 3.03. The van der Waals surface area contributed by atoms with Crippen LogP contribution < -0.4 is 10.0 Å². The van der Waals surface area contributed by atoms with E-state index in [0.29, 0.717) is 30.0 Å². The molecule has 0 aliphatic heterocycles. The first-order valence-corrected chi connectivity index (χ1v) is 9.95. The van der Waals surface area contributed by atoms with Gasteiger partial charge in [-0.2, -0.15) is 4.98 Å². The number of sulfonamides is 1. The minimum atomic E-state index is -3.14. The van der Waals surface area contributed by atoms with Crippen LogP contribution >= 0.6 is 0 Å². The van der Waals surface area contributed by atoms with Crippen molar-refractivity contribution in [3.05, 3.63) is 24.1 Å². The number of halogens is 1. The molecule has 8 nitrogen and oxygen atoms in total. The standard InChI is InChI=1S/C15H20FN5O3S/c1-25(22,23)18-8-10-2-5-12(6-3-10)19-15-20-14(21-24-15)13-7-4-11(16)9-17-13/h4,7,9-10,12,18H,2-3,5-6,8H2,1H3,(H,19,20,21)/t10-,12-. The Kier molecular flexibility index (Phi) is 5.28. The molecule has 1 fully saturated rings. The summed E-state index contributed by atoms with van der Waals surface area (Å²) in [5.41, 5.74) is 0.439. The Morgan fingerprint density at radius 2 is 2.04 bits per heavy atom. The van der Waals surface area contributed by atoms with Gasteiger partial charge in [0, 0.05) is 12.6 Å². The minimum Gasteiger partial charge on any atom is -0.335 e. The van der Waals surface area contributed by atoms with Gasteiger partial charge in [0.05, 0.1) is 12.5 Å². The largest absolute Gasteiger partial charge is 0.335 e. The van der Waals surface area contributed by atoms with Gasteiger partial charge in [0.15, 0.2) is 0 Å². The highest BCUT2D eigenvalue weighted by Crippen LogP contribution is 2.26. The van der Waals surface area contributed by atoms with Crippen LogP contribution in [0.2, 0.25) is 0 Å². The maximum atomic E-state index is 12.9. The summed E-state index contributed by atoms with van der Waals surface area (Å²) in [7, 11) is -3.14. The fraction of sp³-hybridized carbons (Fsp3) is 0.533. The van der Waals surface area contributed by atoms with Crippen LogP contribution in [0.4, 0.5) is 10.4 Å². The van der Waals surface area contributed by atoms with Gasteiger partial charge >= 0.3 is 6.01 Å². The van der Waals surface area contributed by atoms with E-state index in [4.69, 9.17) is 4.52 Å². The van der Waals surface area contributed by atoms with E-state index >= 15 is 0 Å². The van der Waals surface area contributed by atoms with E-state index in [2.05, 4.69) is 25.2 Å². The molecule has 1 saturated carbocycles. The van der Waals surface area contributed by atoms with Crippen molar-refractivity contribution in [3.8, 4) is 11.5 Å². The van der Waals surface area contributed by atoms with Gasteiger partial charge in [0.25, 0.3) is 0 Å². The summed E-state index contributed by atoms with van der Waals surface area (Å²) in [5, 5.41) is 7.04. The second-order valence-corrected chi connectivity index (χ2v) is 8.10. The lowest BCUT2D eigenvalue weighted by molar-refractivity contribution is 0.330. The van der Waals surface area contributed by atoms with E-state index in [9.17, 15) is 12.8 Å². The van der Waals surface area contributed by atoms with Gasteiger partial charge in [0.1, 0.15) is 11.5 Å². The van der Waals surface area contributed by atoms with Crippen molar-refractivity contribution in [2.24, 2.45) is 5.92 Å². The summed E-state index contributed by atoms with van der Waals surface area (Å²) < 4.78 is 42.9. The number of pyridine rings is 1. The number of nitrogens with zero attached hydrogens (tertiary/aromatic N) is 3. The first kappa shape index (κ1) is 17.7. The average molecular weight is 369 g/mol. The van der Waals surface area contributed by atoms with Crippen LogP contribution in [0.3, 0.4) is 0 Å². The Hall–Kier alpha value is -2.07. The zero-order chi connectivity index (χ0) is 17.9. The van der Waals surface area contributed by atoms with E-state index in [1.54, 1.807) is 0 Å². The molecular formula is C15H20FN5O3S. The molecule has 10 heteroatoms. The van der Waals surface area contributed by atoms with Crippen molar-refractivity contribution in [3.63, 3.8) is 0 Å². The molecule has 2 aromatic rings. The molecule has 1 aliphatic rings. The summed E-state index contributed by atoms with van der Waals surface area (Å²) in [4.78, 5) is 8.14. The van der Waals surface area contributed by atoms with Crippen LogP contribution in [0, 0.1) is 11.7 Å². The Morgan fingerprint density at radius 1 is 1.28 bits per heavy atom. The van der Waals surface area contributed by atoms with Gasteiger partial charge in [-0.3, -0.25) is 0 Å². The third-order valence-electron chi connectivity index (χ3n) is 4.19. The molecule has 136 valence electrons. The first-order chi connectivity index (χ1) is 11.9. The van der Waals surface area contributed by atoms with Crippen molar-refractivity contribution in [1.29, 1.82) is 0 Å². The zero-order valence-corrected chi connectivity index (χ0v) is 14.6. The quantitative estimate of drug-likeness (QED) is 0.799. The fourth-order valence-corrected chi connectivity index (χ4v) is 3.39. The molecule has 25 heavy (non-hydrogen) atoms. The number of hydrogen-bond acceptors (Lipinski definition) is 7. The van der Waals surface area contributed by atoms with Crippen LogP contribution in [0.1, 0.15) is 25.7 Å². The van der Waals surface area contributed by atoms with E-state index in [-0.39, 0.29) is 6.04 Å². The van der Waals surface area contributed by atoms with Crippen molar-refractivity contribution in [2.75, 3.05) is 18.1 Å². The number of aromatic nitrogens is 3. The van der Waals surface area contributed by atoms with Gasteiger partial charge in [0.2, 0.25) is 15.8 Å². The van der Waals surface area contributed by atoms with Crippen LogP contribution in [-0.4, -0.2) is 42.4 Å². The Labute approximate surface area is 145 Å².